The van der Waals surface area contributed by atoms with Crippen molar-refractivity contribution >= 4 is 5.91 Å². The summed E-state index contributed by atoms with van der Waals surface area (Å²) in [6.45, 7) is 4.40. The van der Waals surface area contributed by atoms with E-state index in [1.165, 1.54) is 35.2 Å². The summed E-state index contributed by atoms with van der Waals surface area (Å²) < 4.78 is 8.10. The molecule has 5 rings (SSSR count). The Morgan fingerprint density at radius 3 is 2.85 bits per heavy atom. The highest BCUT2D eigenvalue weighted by Gasteiger charge is 2.27. The van der Waals surface area contributed by atoms with Crippen LogP contribution in [0.3, 0.4) is 0 Å². The van der Waals surface area contributed by atoms with Gasteiger partial charge in [0.1, 0.15) is 6.10 Å². The minimum Gasteiger partial charge on any atom is -0.368 e. The normalized spacial score (nSPS) is 18.2. The van der Waals surface area contributed by atoms with Crippen LogP contribution in [0.1, 0.15) is 59.1 Å². The van der Waals surface area contributed by atoms with Crippen LogP contribution in [0.2, 0.25) is 0 Å². The summed E-state index contributed by atoms with van der Waals surface area (Å²) in [5, 5.41) is 4.54. The maximum Gasteiger partial charge on any atom is 0.224 e. The Balaban J connectivity index is 1.23. The Morgan fingerprint density at radius 1 is 1.12 bits per heavy atom. The summed E-state index contributed by atoms with van der Waals surface area (Å²) in [6, 6.07) is 14.7. The molecule has 0 spiro atoms. The molecule has 0 radical (unpaired) electrons. The SMILES string of the molecule is Cc1cc(Cc2ccccc2)cc([C@H]2CN(C(=O)CCn3ncc4c3CCCC4)CCO2)n1. The van der Waals surface area contributed by atoms with Gasteiger partial charge in [-0.05, 0) is 67.9 Å². The van der Waals surface area contributed by atoms with Gasteiger partial charge in [0, 0.05) is 30.9 Å². The van der Waals surface area contributed by atoms with Crippen LogP contribution in [-0.2, 0) is 35.3 Å². The Bertz CT molecular complexity index is 1110. The molecule has 0 bridgehead atoms. The van der Waals surface area contributed by atoms with Crippen LogP contribution >= 0.6 is 0 Å². The number of aromatic nitrogens is 3. The Kier molecular flexibility index (Phi) is 6.53. The van der Waals surface area contributed by atoms with Gasteiger partial charge in [-0.25, -0.2) is 0 Å². The van der Waals surface area contributed by atoms with Crippen LogP contribution in [0.5, 0.6) is 0 Å². The predicted octanol–water partition coefficient (Wildman–Crippen LogP) is 4.05. The van der Waals surface area contributed by atoms with E-state index in [-0.39, 0.29) is 12.0 Å². The highest BCUT2D eigenvalue weighted by atomic mass is 16.5. The fourth-order valence-corrected chi connectivity index (χ4v) is 5.03. The number of aryl methyl sites for hydroxylation is 3. The van der Waals surface area contributed by atoms with Crippen molar-refractivity contribution < 1.29 is 9.53 Å². The van der Waals surface area contributed by atoms with Gasteiger partial charge in [0.25, 0.3) is 0 Å². The zero-order chi connectivity index (χ0) is 22.6. The van der Waals surface area contributed by atoms with E-state index in [9.17, 15) is 4.79 Å². The monoisotopic (exact) mass is 444 g/mol. The lowest BCUT2D eigenvalue weighted by atomic mass is 9.98. The number of benzene rings is 1. The fraction of sp³-hybridized carbons (Fsp3) is 0.444. The number of carbonyl (C=O) groups excluding carboxylic acids is 1. The number of morpholine rings is 1. The smallest absolute Gasteiger partial charge is 0.224 e. The van der Waals surface area contributed by atoms with Gasteiger partial charge in [0.15, 0.2) is 0 Å². The first-order valence-corrected chi connectivity index (χ1v) is 12.1. The molecule has 1 aliphatic carbocycles. The molecule has 0 unspecified atom stereocenters. The van der Waals surface area contributed by atoms with Crippen molar-refractivity contribution in [2.24, 2.45) is 0 Å². The first-order valence-electron chi connectivity index (χ1n) is 12.1. The number of amides is 1. The van der Waals surface area contributed by atoms with Crippen molar-refractivity contribution in [1.82, 2.24) is 19.7 Å². The zero-order valence-electron chi connectivity index (χ0n) is 19.4. The third kappa shape index (κ3) is 5.17. The van der Waals surface area contributed by atoms with Gasteiger partial charge < -0.3 is 9.64 Å². The number of pyridine rings is 1. The number of ether oxygens (including phenoxy) is 1. The topological polar surface area (TPSA) is 60.2 Å². The van der Waals surface area contributed by atoms with E-state index in [4.69, 9.17) is 9.72 Å². The highest BCUT2D eigenvalue weighted by molar-refractivity contribution is 5.76. The minimum absolute atomic E-state index is 0.167. The molecule has 1 amide bonds. The third-order valence-corrected chi connectivity index (χ3v) is 6.72. The van der Waals surface area contributed by atoms with E-state index in [1.54, 1.807) is 0 Å². The first-order chi connectivity index (χ1) is 16.2. The molecule has 0 N–H and O–H groups in total. The standard InChI is InChI=1S/C27H32N4O2/c1-20-15-22(16-21-7-3-2-4-8-21)17-24(29-20)26-19-30(13-14-33-26)27(32)11-12-31-25-10-6-5-9-23(25)18-28-31/h2-4,7-8,15,17-18,26H,5-6,9-14,16,19H2,1H3/t26-/m1/s1. The summed E-state index contributed by atoms with van der Waals surface area (Å²) in [5.74, 6) is 0.167. The number of carbonyl (C=O) groups is 1. The summed E-state index contributed by atoms with van der Waals surface area (Å²) in [5.41, 5.74) is 7.07. The summed E-state index contributed by atoms with van der Waals surface area (Å²) in [4.78, 5) is 19.7. The molecule has 1 atom stereocenters. The quantitative estimate of drug-likeness (QED) is 0.576. The third-order valence-electron chi connectivity index (χ3n) is 6.72. The zero-order valence-corrected chi connectivity index (χ0v) is 19.4. The van der Waals surface area contributed by atoms with Gasteiger partial charge in [0.05, 0.1) is 25.0 Å². The van der Waals surface area contributed by atoms with E-state index in [2.05, 4.69) is 41.5 Å². The van der Waals surface area contributed by atoms with Gasteiger partial charge in [-0.1, -0.05) is 30.3 Å². The largest absolute Gasteiger partial charge is 0.368 e. The van der Waals surface area contributed by atoms with E-state index in [1.807, 2.05) is 28.8 Å². The molecule has 172 valence electrons. The van der Waals surface area contributed by atoms with Gasteiger partial charge >= 0.3 is 0 Å². The number of hydrogen-bond donors (Lipinski definition) is 0. The lowest BCUT2D eigenvalue weighted by molar-refractivity contribution is -0.139. The minimum atomic E-state index is -0.186. The number of nitrogens with zero attached hydrogens (tertiary/aromatic N) is 4. The second kappa shape index (κ2) is 9.87. The Hall–Kier alpha value is -2.99. The van der Waals surface area contributed by atoms with Crippen molar-refractivity contribution in [1.29, 1.82) is 0 Å². The molecule has 1 aliphatic heterocycles. The second-order valence-electron chi connectivity index (χ2n) is 9.20. The summed E-state index contributed by atoms with van der Waals surface area (Å²) >= 11 is 0. The van der Waals surface area contributed by atoms with Crippen molar-refractivity contribution in [2.45, 2.75) is 58.1 Å². The molecule has 0 saturated carbocycles. The van der Waals surface area contributed by atoms with Gasteiger partial charge in [-0.15, -0.1) is 0 Å². The Labute approximate surface area is 195 Å². The average molecular weight is 445 g/mol. The van der Waals surface area contributed by atoms with Crippen LogP contribution in [0.15, 0.2) is 48.7 Å². The molecule has 1 fully saturated rings. The van der Waals surface area contributed by atoms with Crippen molar-refractivity contribution in [3.8, 4) is 0 Å². The Morgan fingerprint density at radius 2 is 1.97 bits per heavy atom. The lowest BCUT2D eigenvalue weighted by Gasteiger charge is -2.33. The average Bonchev–Trinajstić information content (AvgIpc) is 3.26. The summed E-state index contributed by atoms with van der Waals surface area (Å²) in [7, 11) is 0. The van der Waals surface area contributed by atoms with Crippen LogP contribution < -0.4 is 0 Å². The molecule has 6 nitrogen and oxygen atoms in total. The van der Waals surface area contributed by atoms with Gasteiger partial charge in [-0.3, -0.25) is 14.5 Å². The lowest BCUT2D eigenvalue weighted by Crippen LogP contribution is -2.42. The second-order valence-corrected chi connectivity index (χ2v) is 9.20. The molecular weight excluding hydrogens is 412 g/mol. The predicted molar refractivity (Wildman–Crippen MR) is 127 cm³/mol. The molecule has 1 aromatic carbocycles. The number of fused-ring (bicyclic) bond motifs is 1. The van der Waals surface area contributed by atoms with E-state index in [0.29, 0.717) is 32.7 Å². The van der Waals surface area contributed by atoms with Crippen molar-refractivity contribution in [3.63, 3.8) is 0 Å². The highest BCUT2D eigenvalue weighted by Crippen LogP contribution is 2.24. The molecule has 1 saturated heterocycles. The van der Waals surface area contributed by atoms with E-state index >= 15 is 0 Å². The molecule has 2 aromatic heterocycles. The van der Waals surface area contributed by atoms with Gasteiger partial charge in [-0.2, -0.15) is 5.10 Å². The van der Waals surface area contributed by atoms with Crippen LogP contribution in [0.4, 0.5) is 0 Å². The van der Waals surface area contributed by atoms with E-state index in [0.717, 1.165) is 30.7 Å². The number of hydrogen-bond acceptors (Lipinski definition) is 4. The maximum absolute atomic E-state index is 13.0. The van der Waals surface area contributed by atoms with Crippen molar-refractivity contribution in [2.75, 3.05) is 19.7 Å². The van der Waals surface area contributed by atoms with E-state index < -0.39 is 0 Å². The summed E-state index contributed by atoms with van der Waals surface area (Å²) in [6.07, 6.45) is 7.79. The van der Waals surface area contributed by atoms with Crippen LogP contribution in [0.25, 0.3) is 0 Å². The molecule has 2 aliphatic rings. The van der Waals surface area contributed by atoms with Gasteiger partial charge in [0.2, 0.25) is 5.91 Å². The molecule has 3 aromatic rings. The number of rotatable bonds is 6. The first kappa shape index (κ1) is 21.8. The van der Waals surface area contributed by atoms with Crippen LogP contribution in [-0.4, -0.2) is 45.3 Å². The van der Waals surface area contributed by atoms with Crippen LogP contribution in [0, 0.1) is 6.92 Å². The molecule has 6 heteroatoms. The molecular formula is C27H32N4O2. The maximum atomic E-state index is 13.0. The fourth-order valence-electron chi connectivity index (χ4n) is 5.03. The molecule has 3 heterocycles. The molecule has 33 heavy (non-hydrogen) atoms. The van der Waals surface area contributed by atoms with Crippen molar-refractivity contribution in [3.05, 3.63) is 82.4 Å².